The molecule has 0 saturated carbocycles. The third-order valence-corrected chi connectivity index (χ3v) is 2.81. The molecule has 7 nitrogen and oxygen atoms in total. The summed E-state index contributed by atoms with van der Waals surface area (Å²) in [5.41, 5.74) is -0.220. The predicted molar refractivity (Wildman–Crippen MR) is 74.1 cm³/mol. The molecule has 0 heterocycles. The number of anilines is 1. The molecule has 0 bridgehead atoms. The van der Waals surface area contributed by atoms with Crippen molar-refractivity contribution in [1.82, 2.24) is 0 Å². The number of esters is 1. The molecule has 0 spiro atoms. The van der Waals surface area contributed by atoms with Gasteiger partial charge in [0.2, 0.25) is 0 Å². The Labute approximate surface area is 121 Å². The number of nitro benzene ring substituents is 1. The number of methoxy groups -OCH3 is 1. The molecule has 0 aromatic heterocycles. The van der Waals surface area contributed by atoms with E-state index in [0.717, 1.165) is 6.07 Å². The maximum atomic E-state index is 13.5. The second-order valence-corrected chi connectivity index (χ2v) is 4.21. The summed E-state index contributed by atoms with van der Waals surface area (Å²) in [7, 11) is 2.84. The molecule has 8 heteroatoms. The molecular weight excluding hydrogens is 283 g/mol. The van der Waals surface area contributed by atoms with E-state index in [9.17, 15) is 19.3 Å². The number of hydrogen-bond acceptors (Lipinski definition) is 6. The van der Waals surface area contributed by atoms with Crippen LogP contribution in [0.25, 0.3) is 0 Å². The molecule has 0 unspecified atom stereocenters. The fourth-order valence-corrected chi connectivity index (χ4v) is 1.75. The van der Waals surface area contributed by atoms with Gasteiger partial charge in [0.25, 0.3) is 5.69 Å². The van der Waals surface area contributed by atoms with Crippen LogP contribution in [0.15, 0.2) is 12.1 Å². The SMILES string of the molecule is CCOC(=O)CCN(C)c1cc(OC)c(F)cc1[N+](=O)[O-]. The minimum Gasteiger partial charge on any atom is -0.494 e. The predicted octanol–water partition coefficient (Wildman–Crippen LogP) is 2.13. The minimum atomic E-state index is -0.813. The Bertz CT molecular complexity index is 536. The maximum absolute atomic E-state index is 13.5. The summed E-state index contributed by atoms with van der Waals surface area (Å²) < 4.78 is 23.2. The van der Waals surface area contributed by atoms with E-state index < -0.39 is 16.7 Å². The van der Waals surface area contributed by atoms with E-state index in [1.165, 1.54) is 18.1 Å². The van der Waals surface area contributed by atoms with E-state index in [4.69, 9.17) is 9.47 Å². The van der Waals surface area contributed by atoms with Crippen LogP contribution in [-0.2, 0) is 9.53 Å². The van der Waals surface area contributed by atoms with Crippen LogP contribution in [0, 0.1) is 15.9 Å². The zero-order valence-electron chi connectivity index (χ0n) is 12.1. The Morgan fingerprint density at radius 3 is 2.67 bits per heavy atom. The quantitative estimate of drug-likeness (QED) is 0.436. The highest BCUT2D eigenvalue weighted by molar-refractivity contribution is 5.71. The lowest BCUT2D eigenvalue weighted by Crippen LogP contribution is -2.23. The van der Waals surface area contributed by atoms with Gasteiger partial charge in [-0.25, -0.2) is 4.39 Å². The van der Waals surface area contributed by atoms with Gasteiger partial charge in [-0.1, -0.05) is 0 Å². The normalized spacial score (nSPS) is 10.1. The van der Waals surface area contributed by atoms with Crippen molar-refractivity contribution in [2.24, 2.45) is 0 Å². The monoisotopic (exact) mass is 300 g/mol. The van der Waals surface area contributed by atoms with E-state index in [1.807, 2.05) is 0 Å². The molecule has 0 saturated heterocycles. The summed E-state index contributed by atoms with van der Waals surface area (Å²) >= 11 is 0. The largest absolute Gasteiger partial charge is 0.494 e. The van der Waals surface area contributed by atoms with Crippen LogP contribution < -0.4 is 9.64 Å². The number of carbonyl (C=O) groups is 1. The van der Waals surface area contributed by atoms with Crippen LogP contribution in [-0.4, -0.2) is 38.2 Å². The third-order valence-electron chi connectivity index (χ3n) is 2.81. The molecule has 1 aromatic rings. The Hall–Kier alpha value is -2.38. The van der Waals surface area contributed by atoms with Gasteiger partial charge in [0.1, 0.15) is 5.69 Å². The number of halogens is 1. The van der Waals surface area contributed by atoms with Crippen molar-refractivity contribution in [3.8, 4) is 5.75 Å². The molecule has 0 atom stereocenters. The van der Waals surface area contributed by atoms with Crippen molar-refractivity contribution in [2.45, 2.75) is 13.3 Å². The summed E-state index contributed by atoms with van der Waals surface area (Å²) in [4.78, 5) is 23.1. The highest BCUT2D eigenvalue weighted by atomic mass is 19.1. The lowest BCUT2D eigenvalue weighted by Gasteiger charge is -2.19. The standard InChI is InChI=1S/C13H17FN2O5/c1-4-21-13(17)5-6-15(2)10-8-12(20-3)9(14)7-11(10)16(18)19/h7-8H,4-6H2,1-3H3. The van der Waals surface area contributed by atoms with Crippen molar-refractivity contribution in [3.63, 3.8) is 0 Å². The van der Waals surface area contributed by atoms with Crippen LogP contribution in [0.5, 0.6) is 5.75 Å². The molecule has 0 aliphatic heterocycles. The topological polar surface area (TPSA) is 81.9 Å². The van der Waals surface area contributed by atoms with E-state index in [2.05, 4.69) is 0 Å². The number of ether oxygens (including phenoxy) is 2. The zero-order valence-corrected chi connectivity index (χ0v) is 12.1. The molecule has 1 rings (SSSR count). The second kappa shape index (κ2) is 7.41. The molecule has 1 aromatic carbocycles. The van der Waals surface area contributed by atoms with Crippen molar-refractivity contribution < 1.29 is 23.6 Å². The van der Waals surface area contributed by atoms with Crippen molar-refractivity contribution in [3.05, 3.63) is 28.1 Å². The third kappa shape index (κ3) is 4.30. The molecule has 0 aliphatic carbocycles. The number of rotatable bonds is 7. The number of nitrogens with zero attached hydrogens (tertiary/aromatic N) is 2. The van der Waals surface area contributed by atoms with Crippen LogP contribution in [0.4, 0.5) is 15.8 Å². The molecule has 0 radical (unpaired) electrons. The van der Waals surface area contributed by atoms with Crippen molar-refractivity contribution in [1.29, 1.82) is 0 Å². The minimum absolute atomic E-state index is 0.0706. The Kier molecular flexibility index (Phi) is 5.89. The van der Waals surface area contributed by atoms with E-state index in [-0.39, 0.29) is 36.7 Å². The van der Waals surface area contributed by atoms with Gasteiger partial charge in [-0.3, -0.25) is 14.9 Å². The van der Waals surface area contributed by atoms with E-state index >= 15 is 0 Å². The van der Waals surface area contributed by atoms with Gasteiger partial charge in [0, 0.05) is 19.7 Å². The number of carbonyl (C=O) groups excluding carboxylic acids is 1. The van der Waals surface area contributed by atoms with Gasteiger partial charge in [-0.15, -0.1) is 0 Å². The Morgan fingerprint density at radius 2 is 2.14 bits per heavy atom. The van der Waals surface area contributed by atoms with Crippen molar-refractivity contribution >= 4 is 17.3 Å². The zero-order chi connectivity index (χ0) is 16.0. The highest BCUT2D eigenvalue weighted by Crippen LogP contribution is 2.33. The summed E-state index contributed by atoms with van der Waals surface area (Å²) in [6, 6.07) is 2.04. The fourth-order valence-electron chi connectivity index (χ4n) is 1.75. The number of benzene rings is 1. The first-order valence-electron chi connectivity index (χ1n) is 6.29. The first-order valence-corrected chi connectivity index (χ1v) is 6.29. The molecule has 21 heavy (non-hydrogen) atoms. The number of hydrogen-bond donors (Lipinski definition) is 0. The molecule has 0 fully saturated rings. The summed E-state index contributed by atoms with van der Waals surface area (Å²) in [6.07, 6.45) is 0.0706. The maximum Gasteiger partial charge on any atom is 0.307 e. The summed E-state index contributed by atoms with van der Waals surface area (Å²) in [5.74, 6) is -1.31. The molecule has 0 N–H and O–H groups in total. The number of nitro groups is 1. The Morgan fingerprint density at radius 1 is 1.48 bits per heavy atom. The smallest absolute Gasteiger partial charge is 0.307 e. The molecule has 0 aliphatic rings. The highest BCUT2D eigenvalue weighted by Gasteiger charge is 2.22. The van der Waals surface area contributed by atoms with Crippen LogP contribution in [0.1, 0.15) is 13.3 Å². The molecule has 0 amide bonds. The average Bonchev–Trinajstić information content (AvgIpc) is 2.44. The van der Waals surface area contributed by atoms with Gasteiger partial charge in [0.15, 0.2) is 11.6 Å². The van der Waals surface area contributed by atoms with Gasteiger partial charge in [0.05, 0.1) is 31.1 Å². The first kappa shape index (κ1) is 16.7. The van der Waals surface area contributed by atoms with Gasteiger partial charge in [-0.2, -0.15) is 0 Å². The fraction of sp³-hybridized carbons (Fsp3) is 0.462. The second-order valence-electron chi connectivity index (χ2n) is 4.21. The molecular formula is C13H17FN2O5. The lowest BCUT2D eigenvalue weighted by molar-refractivity contribution is -0.384. The van der Waals surface area contributed by atoms with Gasteiger partial charge >= 0.3 is 5.97 Å². The van der Waals surface area contributed by atoms with Crippen LogP contribution in [0.2, 0.25) is 0 Å². The summed E-state index contributed by atoms with van der Waals surface area (Å²) in [5, 5.41) is 11.0. The Balaban J connectivity index is 2.98. The van der Waals surface area contributed by atoms with E-state index in [0.29, 0.717) is 0 Å². The van der Waals surface area contributed by atoms with Crippen molar-refractivity contribution in [2.75, 3.05) is 32.2 Å². The van der Waals surface area contributed by atoms with Crippen LogP contribution >= 0.6 is 0 Å². The van der Waals surface area contributed by atoms with Gasteiger partial charge < -0.3 is 14.4 Å². The summed E-state index contributed by atoms with van der Waals surface area (Å²) in [6.45, 7) is 2.17. The van der Waals surface area contributed by atoms with E-state index in [1.54, 1.807) is 14.0 Å². The first-order chi connectivity index (χ1) is 9.90. The lowest BCUT2D eigenvalue weighted by atomic mass is 10.2. The van der Waals surface area contributed by atoms with Crippen LogP contribution in [0.3, 0.4) is 0 Å². The molecule has 116 valence electrons. The average molecular weight is 300 g/mol. The van der Waals surface area contributed by atoms with Gasteiger partial charge in [-0.05, 0) is 6.92 Å².